The molecule has 2 saturated heterocycles. The molecule has 3 atom stereocenters. The quantitative estimate of drug-likeness (QED) is 0.343. The summed E-state index contributed by atoms with van der Waals surface area (Å²) < 4.78 is 28.1. The van der Waals surface area contributed by atoms with Gasteiger partial charge in [-0.05, 0) is 61.2 Å². The van der Waals surface area contributed by atoms with E-state index in [4.69, 9.17) is 23.7 Å². The molecule has 3 heterocycles. The molecule has 1 amide bonds. The van der Waals surface area contributed by atoms with Crippen LogP contribution in [-0.2, 0) is 20.7 Å². The van der Waals surface area contributed by atoms with Crippen molar-refractivity contribution >= 4 is 17.4 Å². The van der Waals surface area contributed by atoms with Crippen molar-refractivity contribution in [1.82, 2.24) is 4.90 Å². The van der Waals surface area contributed by atoms with Gasteiger partial charge in [-0.2, -0.15) is 0 Å². The molecule has 3 aliphatic rings. The van der Waals surface area contributed by atoms with Gasteiger partial charge >= 0.3 is 0 Å². The Hall–Kier alpha value is -3.72. The molecular formula is C28H31NO8. The molecule has 0 unspecified atom stereocenters. The zero-order chi connectivity index (χ0) is 26.3. The molecule has 1 N–H and O–H groups in total. The number of hydrogen-bond acceptors (Lipinski definition) is 8. The van der Waals surface area contributed by atoms with Gasteiger partial charge in [0.15, 0.2) is 11.5 Å². The van der Waals surface area contributed by atoms with E-state index in [-0.39, 0.29) is 30.1 Å². The molecule has 0 bridgehead atoms. The molecule has 37 heavy (non-hydrogen) atoms. The van der Waals surface area contributed by atoms with Crippen LogP contribution in [0.2, 0.25) is 0 Å². The summed E-state index contributed by atoms with van der Waals surface area (Å²) in [4.78, 5) is 28.3. The molecule has 3 aliphatic heterocycles. The van der Waals surface area contributed by atoms with Gasteiger partial charge in [0.25, 0.3) is 11.7 Å². The first-order chi connectivity index (χ1) is 17.9. The summed E-state index contributed by atoms with van der Waals surface area (Å²) in [5.74, 6) is 0.218. The lowest BCUT2D eigenvalue weighted by molar-refractivity contribution is -0.140. The van der Waals surface area contributed by atoms with Gasteiger partial charge in [0.05, 0.1) is 39.0 Å². The van der Waals surface area contributed by atoms with Crippen LogP contribution < -0.4 is 18.9 Å². The number of Topliss-reactive ketones (excluding diaryl/α,β-unsaturated/α-hetero) is 1. The summed E-state index contributed by atoms with van der Waals surface area (Å²) in [7, 11) is 4.50. The van der Waals surface area contributed by atoms with Crippen molar-refractivity contribution in [2.45, 2.75) is 44.4 Å². The fourth-order valence-electron chi connectivity index (χ4n) is 5.41. The minimum Gasteiger partial charge on any atom is -0.507 e. The molecule has 0 saturated carbocycles. The summed E-state index contributed by atoms with van der Waals surface area (Å²) in [6, 6.07) is 7.82. The van der Waals surface area contributed by atoms with Crippen molar-refractivity contribution in [3.05, 3.63) is 52.6 Å². The number of aliphatic hydroxyl groups excluding tert-OH is 1. The SMILES string of the molecule is COc1cc([C@H]2C(=C(O)c3ccc4c(c3)C[C@@H](C)O4)C(=O)C(=O)N2C[C@@H]2CCCO2)cc(OC)c1OC. The Labute approximate surface area is 215 Å². The Morgan fingerprint density at radius 2 is 1.81 bits per heavy atom. The Morgan fingerprint density at radius 3 is 2.43 bits per heavy atom. The van der Waals surface area contributed by atoms with Crippen LogP contribution in [0.25, 0.3) is 5.76 Å². The summed E-state index contributed by atoms with van der Waals surface area (Å²) in [6.45, 7) is 2.80. The molecule has 0 radical (unpaired) electrons. The van der Waals surface area contributed by atoms with Crippen LogP contribution in [0.3, 0.4) is 0 Å². The number of nitrogens with zero attached hydrogens (tertiary/aromatic N) is 1. The predicted octanol–water partition coefficient (Wildman–Crippen LogP) is 3.64. The number of rotatable bonds is 7. The van der Waals surface area contributed by atoms with E-state index in [1.54, 1.807) is 24.3 Å². The number of likely N-dealkylation sites (tertiary alicyclic amines) is 1. The fraction of sp³-hybridized carbons (Fsp3) is 0.429. The standard InChI is InChI=1S/C28H31NO8/c1-15-10-17-11-16(7-8-20(17)37-15)25(30)23-24(18-12-21(33-2)27(35-4)22(13-18)34-3)29(28(32)26(23)31)14-19-6-5-9-36-19/h7-8,11-13,15,19,24,30H,5-6,9-10,14H2,1-4H3/t15-,19+,24+/m1/s1. The van der Waals surface area contributed by atoms with E-state index in [1.807, 2.05) is 13.0 Å². The third-order valence-corrected chi connectivity index (χ3v) is 7.14. The first-order valence-corrected chi connectivity index (χ1v) is 12.4. The number of carbonyl (C=O) groups excluding carboxylic acids is 2. The zero-order valence-corrected chi connectivity index (χ0v) is 21.4. The predicted molar refractivity (Wildman–Crippen MR) is 134 cm³/mol. The van der Waals surface area contributed by atoms with Crippen molar-refractivity contribution < 1.29 is 38.4 Å². The molecule has 2 fully saturated rings. The minimum absolute atomic E-state index is 0.00387. The molecule has 196 valence electrons. The first kappa shape index (κ1) is 25.0. The maximum Gasteiger partial charge on any atom is 0.295 e. The second kappa shape index (κ2) is 9.97. The number of amides is 1. The second-order valence-electron chi connectivity index (χ2n) is 9.50. The van der Waals surface area contributed by atoms with Gasteiger partial charge in [-0.25, -0.2) is 0 Å². The second-order valence-corrected chi connectivity index (χ2v) is 9.50. The summed E-state index contributed by atoms with van der Waals surface area (Å²) in [6.07, 6.45) is 2.21. The molecule has 0 spiro atoms. The van der Waals surface area contributed by atoms with Crippen molar-refractivity contribution in [1.29, 1.82) is 0 Å². The van der Waals surface area contributed by atoms with Crippen LogP contribution in [0, 0.1) is 0 Å². The van der Waals surface area contributed by atoms with E-state index in [0.717, 1.165) is 24.2 Å². The van der Waals surface area contributed by atoms with Gasteiger partial charge in [0, 0.05) is 25.1 Å². The van der Waals surface area contributed by atoms with Crippen LogP contribution in [-0.4, -0.2) is 68.4 Å². The summed E-state index contributed by atoms with van der Waals surface area (Å²) in [5.41, 5.74) is 1.94. The maximum absolute atomic E-state index is 13.4. The van der Waals surface area contributed by atoms with Crippen molar-refractivity contribution in [3.63, 3.8) is 0 Å². The Kier molecular flexibility index (Phi) is 6.72. The lowest BCUT2D eigenvalue weighted by Gasteiger charge is -2.28. The largest absolute Gasteiger partial charge is 0.507 e. The van der Waals surface area contributed by atoms with E-state index in [2.05, 4.69) is 0 Å². The number of ether oxygens (including phenoxy) is 5. The minimum atomic E-state index is -0.874. The summed E-state index contributed by atoms with van der Waals surface area (Å²) in [5, 5.41) is 11.5. The Morgan fingerprint density at radius 1 is 1.08 bits per heavy atom. The first-order valence-electron chi connectivity index (χ1n) is 12.4. The van der Waals surface area contributed by atoms with E-state index >= 15 is 0 Å². The molecule has 2 aromatic rings. The number of ketones is 1. The molecular weight excluding hydrogens is 478 g/mol. The highest BCUT2D eigenvalue weighted by Gasteiger charge is 2.47. The molecule has 2 aromatic carbocycles. The molecule has 0 aromatic heterocycles. The fourth-order valence-corrected chi connectivity index (χ4v) is 5.41. The maximum atomic E-state index is 13.4. The van der Waals surface area contributed by atoms with Crippen LogP contribution in [0.4, 0.5) is 0 Å². The number of hydrogen-bond donors (Lipinski definition) is 1. The monoisotopic (exact) mass is 509 g/mol. The number of aliphatic hydroxyl groups is 1. The van der Waals surface area contributed by atoms with Gasteiger partial charge in [-0.3, -0.25) is 9.59 Å². The average Bonchev–Trinajstić information content (AvgIpc) is 3.61. The Bertz CT molecular complexity index is 1240. The number of fused-ring (bicyclic) bond motifs is 1. The number of methoxy groups -OCH3 is 3. The van der Waals surface area contributed by atoms with E-state index < -0.39 is 17.7 Å². The summed E-state index contributed by atoms with van der Waals surface area (Å²) >= 11 is 0. The van der Waals surface area contributed by atoms with Crippen LogP contribution in [0.15, 0.2) is 35.9 Å². The lowest BCUT2D eigenvalue weighted by atomic mass is 9.93. The van der Waals surface area contributed by atoms with Gasteiger partial charge in [0.2, 0.25) is 5.75 Å². The van der Waals surface area contributed by atoms with E-state index in [1.165, 1.54) is 26.2 Å². The topological polar surface area (TPSA) is 104 Å². The van der Waals surface area contributed by atoms with Crippen LogP contribution >= 0.6 is 0 Å². The van der Waals surface area contributed by atoms with Crippen LogP contribution in [0.5, 0.6) is 23.0 Å². The van der Waals surface area contributed by atoms with Crippen molar-refractivity contribution in [2.24, 2.45) is 0 Å². The highest BCUT2D eigenvalue weighted by molar-refractivity contribution is 6.46. The van der Waals surface area contributed by atoms with Gasteiger partial charge in [0.1, 0.15) is 17.6 Å². The highest BCUT2D eigenvalue weighted by atomic mass is 16.5. The molecule has 9 nitrogen and oxygen atoms in total. The highest BCUT2D eigenvalue weighted by Crippen LogP contribution is 2.46. The van der Waals surface area contributed by atoms with Crippen LogP contribution in [0.1, 0.15) is 42.5 Å². The molecule has 9 heteroatoms. The number of carbonyl (C=O) groups is 2. The van der Waals surface area contributed by atoms with Gasteiger partial charge in [-0.1, -0.05) is 0 Å². The molecule has 5 rings (SSSR count). The third-order valence-electron chi connectivity index (χ3n) is 7.14. The molecule has 0 aliphatic carbocycles. The lowest BCUT2D eigenvalue weighted by Crippen LogP contribution is -2.36. The average molecular weight is 510 g/mol. The third kappa shape index (κ3) is 4.37. The Balaban J connectivity index is 1.66. The zero-order valence-electron chi connectivity index (χ0n) is 21.4. The van der Waals surface area contributed by atoms with Crippen molar-refractivity contribution in [3.8, 4) is 23.0 Å². The van der Waals surface area contributed by atoms with Gasteiger partial charge in [-0.15, -0.1) is 0 Å². The van der Waals surface area contributed by atoms with E-state index in [9.17, 15) is 14.7 Å². The van der Waals surface area contributed by atoms with Gasteiger partial charge < -0.3 is 33.7 Å². The van der Waals surface area contributed by atoms with E-state index in [0.29, 0.717) is 41.4 Å². The smallest absolute Gasteiger partial charge is 0.295 e. The van der Waals surface area contributed by atoms with Crippen molar-refractivity contribution in [2.75, 3.05) is 34.5 Å². The normalized spacial score (nSPS) is 24.2. The number of benzene rings is 2.